The molecule has 0 unspecified atom stereocenters. The molecule has 0 aromatic heterocycles. The van der Waals surface area contributed by atoms with E-state index in [0.717, 1.165) is 4.90 Å². The van der Waals surface area contributed by atoms with E-state index in [2.05, 4.69) is 27.0 Å². The van der Waals surface area contributed by atoms with Crippen molar-refractivity contribution in [1.29, 1.82) is 0 Å². The van der Waals surface area contributed by atoms with Gasteiger partial charge in [0.25, 0.3) is 5.91 Å². The van der Waals surface area contributed by atoms with Crippen molar-refractivity contribution in [2.24, 2.45) is 0 Å². The zero-order valence-corrected chi connectivity index (χ0v) is 15.2. The van der Waals surface area contributed by atoms with Crippen LogP contribution in [0.25, 0.3) is 0 Å². The molecule has 28 heavy (non-hydrogen) atoms. The minimum atomic E-state index is -4.86. The first-order valence-electron chi connectivity index (χ1n) is 8.18. The van der Waals surface area contributed by atoms with E-state index in [1.807, 2.05) is 6.07 Å². The second kappa shape index (κ2) is 7.85. The number of nitrogens with zero attached hydrogens (tertiary/aromatic N) is 2. The number of amides is 4. The van der Waals surface area contributed by atoms with Crippen LogP contribution < -0.4 is 10.9 Å². The number of hydrogen-bond donors (Lipinski definition) is 3. The number of urea groups is 1. The molecule has 3 N–H and O–H groups in total. The van der Waals surface area contributed by atoms with Crippen molar-refractivity contribution in [3.05, 3.63) is 35.9 Å². The van der Waals surface area contributed by atoms with Gasteiger partial charge in [-0.05, 0) is 25.0 Å². The first-order valence-corrected chi connectivity index (χ1v) is 9.55. The number of hydrogen-bond acceptors (Lipinski definition) is 6. The number of nitrogens with one attached hydrogen (secondary N) is 2. The predicted molar refractivity (Wildman–Crippen MR) is 93.0 cm³/mol. The number of fused-ring (bicyclic) bond motifs is 2. The maximum absolute atomic E-state index is 12.3. The minimum absolute atomic E-state index is 0.0498. The predicted octanol–water partition coefficient (Wildman–Crippen LogP) is -0.811. The summed E-state index contributed by atoms with van der Waals surface area (Å²) >= 11 is 0. The van der Waals surface area contributed by atoms with Crippen LogP contribution >= 0.6 is 0 Å². The number of hydrazine groups is 1. The van der Waals surface area contributed by atoms with E-state index in [4.69, 9.17) is 4.55 Å². The standard InChI is InChI=1S/C16H16N4O7S/c21-14(9-6-11-4-2-1-3-5-11)17-18-15(22)13-8-7-12-10-19(13)16(23)20(12)27-28(24,25)26/h1-5,12-13H,7-8,10H2,(H,17,21)(H,18,22)(H,24,25,26)/t12-,13+/m1/s1. The zero-order chi connectivity index (χ0) is 20.3. The summed E-state index contributed by atoms with van der Waals surface area (Å²) in [6.07, 6.45) is 0.497. The molecule has 2 aliphatic heterocycles. The first kappa shape index (κ1) is 19.6. The molecule has 0 spiro atoms. The van der Waals surface area contributed by atoms with Gasteiger partial charge in [0.1, 0.15) is 6.04 Å². The number of hydroxylamine groups is 2. The average molecular weight is 408 g/mol. The van der Waals surface area contributed by atoms with E-state index in [0.29, 0.717) is 10.6 Å². The zero-order valence-electron chi connectivity index (χ0n) is 14.4. The third-order valence-corrected chi connectivity index (χ3v) is 4.54. The highest BCUT2D eigenvalue weighted by Crippen LogP contribution is 2.30. The third kappa shape index (κ3) is 4.58. The van der Waals surface area contributed by atoms with Crippen molar-refractivity contribution in [1.82, 2.24) is 20.8 Å². The van der Waals surface area contributed by atoms with Gasteiger partial charge < -0.3 is 4.90 Å². The molecule has 2 fully saturated rings. The van der Waals surface area contributed by atoms with Crippen LogP contribution in [0.2, 0.25) is 0 Å². The molecule has 148 valence electrons. The van der Waals surface area contributed by atoms with Gasteiger partial charge in [0, 0.05) is 18.0 Å². The number of carbonyl (C=O) groups is 3. The Balaban J connectivity index is 1.56. The lowest BCUT2D eigenvalue weighted by molar-refractivity contribution is -0.130. The fourth-order valence-electron chi connectivity index (χ4n) is 2.99. The molecule has 1 aromatic carbocycles. The molecule has 2 aliphatic rings. The van der Waals surface area contributed by atoms with Crippen molar-refractivity contribution >= 4 is 28.2 Å². The Morgan fingerprint density at radius 2 is 1.89 bits per heavy atom. The summed E-state index contributed by atoms with van der Waals surface area (Å²) in [6.45, 7) is 0.0498. The molecule has 0 saturated carbocycles. The van der Waals surface area contributed by atoms with Gasteiger partial charge in [-0.2, -0.15) is 13.5 Å². The lowest BCUT2D eigenvalue weighted by Crippen LogP contribution is -2.54. The highest BCUT2D eigenvalue weighted by atomic mass is 32.3. The molecule has 12 heteroatoms. The lowest BCUT2D eigenvalue weighted by Gasteiger charge is -2.28. The first-order chi connectivity index (χ1) is 13.2. The summed E-state index contributed by atoms with van der Waals surface area (Å²) < 4.78 is 34.8. The van der Waals surface area contributed by atoms with Crippen molar-refractivity contribution < 1.29 is 31.6 Å². The van der Waals surface area contributed by atoms with Crippen LogP contribution in [0.1, 0.15) is 18.4 Å². The minimum Gasteiger partial charge on any atom is -0.309 e. The fraction of sp³-hybridized carbons (Fsp3) is 0.312. The number of rotatable bonds is 3. The molecular formula is C16H16N4O7S. The molecule has 2 saturated heterocycles. The van der Waals surface area contributed by atoms with Gasteiger partial charge in [-0.3, -0.25) is 25.0 Å². The summed E-state index contributed by atoms with van der Waals surface area (Å²) in [5, 5.41) is 0.534. The number of piperidine rings is 1. The molecule has 1 aromatic rings. The van der Waals surface area contributed by atoms with Crippen molar-refractivity contribution in [3.63, 3.8) is 0 Å². The highest BCUT2D eigenvalue weighted by Gasteiger charge is 2.49. The van der Waals surface area contributed by atoms with E-state index < -0.39 is 40.3 Å². The van der Waals surface area contributed by atoms with E-state index in [-0.39, 0.29) is 19.4 Å². The quantitative estimate of drug-likeness (QED) is 0.337. The van der Waals surface area contributed by atoms with Crippen LogP contribution in [0.5, 0.6) is 0 Å². The molecule has 0 radical (unpaired) electrons. The molecular weight excluding hydrogens is 392 g/mol. The maximum Gasteiger partial charge on any atom is 0.418 e. The van der Waals surface area contributed by atoms with Gasteiger partial charge in [-0.25, -0.2) is 4.79 Å². The lowest BCUT2D eigenvalue weighted by atomic mass is 10.0. The van der Waals surface area contributed by atoms with Crippen molar-refractivity contribution in [2.45, 2.75) is 24.9 Å². The molecule has 4 amide bonds. The number of carbonyl (C=O) groups excluding carboxylic acids is 3. The van der Waals surface area contributed by atoms with E-state index in [1.54, 1.807) is 24.3 Å². The Bertz CT molecular complexity index is 954. The smallest absolute Gasteiger partial charge is 0.309 e. The van der Waals surface area contributed by atoms with Crippen LogP contribution in [0.4, 0.5) is 4.79 Å². The summed E-state index contributed by atoms with van der Waals surface area (Å²) in [5.74, 6) is 3.54. The second-order valence-corrected chi connectivity index (χ2v) is 7.07. The van der Waals surface area contributed by atoms with Gasteiger partial charge in [0.15, 0.2) is 0 Å². The van der Waals surface area contributed by atoms with Crippen LogP contribution in [0, 0.1) is 11.8 Å². The van der Waals surface area contributed by atoms with Crippen molar-refractivity contribution in [2.75, 3.05) is 6.54 Å². The highest BCUT2D eigenvalue weighted by molar-refractivity contribution is 7.80. The Labute approximate surface area is 160 Å². The van der Waals surface area contributed by atoms with Crippen LogP contribution in [-0.2, 0) is 24.3 Å². The van der Waals surface area contributed by atoms with Crippen molar-refractivity contribution in [3.8, 4) is 11.8 Å². The summed E-state index contributed by atoms with van der Waals surface area (Å²) in [4.78, 5) is 37.4. The average Bonchev–Trinajstić information content (AvgIpc) is 2.89. The van der Waals surface area contributed by atoms with Crippen LogP contribution in [0.3, 0.4) is 0 Å². The monoisotopic (exact) mass is 408 g/mol. The summed E-state index contributed by atoms with van der Waals surface area (Å²) in [6, 6.07) is 6.38. The normalized spacial score (nSPS) is 21.0. The van der Waals surface area contributed by atoms with Crippen LogP contribution in [0.15, 0.2) is 30.3 Å². The maximum atomic E-state index is 12.3. The van der Waals surface area contributed by atoms with E-state index in [9.17, 15) is 22.8 Å². The van der Waals surface area contributed by atoms with Crippen LogP contribution in [-0.4, -0.2) is 59.4 Å². The molecule has 2 heterocycles. The molecule has 2 atom stereocenters. The fourth-order valence-corrected chi connectivity index (χ4v) is 3.38. The Hall–Kier alpha value is -3.14. The SMILES string of the molecule is O=C(C#Cc1ccccc1)NNC(=O)[C@@H]1CC[C@@H]2CN1C(=O)N2OS(=O)(=O)O. The van der Waals surface area contributed by atoms with Gasteiger partial charge in [-0.1, -0.05) is 24.1 Å². The summed E-state index contributed by atoms with van der Waals surface area (Å²) in [5.41, 5.74) is 4.96. The Kier molecular flexibility index (Phi) is 5.50. The van der Waals surface area contributed by atoms with E-state index >= 15 is 0 Å². The Morgan fingerprint density at radius 1 is 1.18 bits per heavy atom. The largest absolute Gasteiger partial charge is 0.418 e. The Morgan fingerprint density at radius 3 is 2.57 bits per heavy atom. The molecule has 3 rings (SSSR count). The molecule has 2 bridgehead atoms. The summed E-state index contributed by atoms with van der Waals surface area (Å²) in [7, 11) is -4.86. The second-order valence-electron chi connectivity index (χ2n) is 6.07. The number of benzene rings is 1. The topological polar surface area (TPSA) is 145 Å². The van der Waals surface area contributed by atoms with Gasteiger partial charge in [-0.15, -0.1) is 4.28 Å². The van der Waals surface area contributed by atoms with Gasteiger partial charge >= 0.3 is 22.3 Å². The van der Waals surface area contributed by atoms with E-state index in [1.165, 1.54) is 0 Å². The molecule has 0 aliphatic carbocycles. The van der Waals surface area contributed by atoms with Gasteiger partial charge in [0.2, 0.25) is 0 Å². The molecule has 11 nitrogen and oxygen atoms in total. The third-order valence-electron chi connectivity index (χ3n) is 4.19. The van der Waals surface area contributed by atoms with Gasteiger partial charge in [0.05, 0.1) is 6.04 Å².